The zero-order chi connectivity index (χ0) is 13.0. The van der Waals surface area contributed by atoms with E-state index in [1.807, 2.05) is 24.4 Å². The molecule has 5 heteroatoms. The molecule has 0 unspecified atom stereocenters. The van der Waals surface area contributed by atoms with Crippen LogP contribution in [0.25, 0.3) is 11.1 Å². The molecule has 92 valence electrons. The van der Waals surface area contributed by atoms with Crippen LogP contribution in [-0.4, -0.2) is 16.9 Å². The quantitative estimate of drug-likeness (QED) is 0.882. The summed E-state index contributed by atoms with van der Waals surface area (Å²) in [5.41, 5.74) is 8.60. The average molecular weight is 242 g/mol. The molecule has 0 amide bonds. The summed E-state index contributed by atoms with van der Waals surface area (Å²) in [6, 6.07) is 7.87. The van der Waals surface area contributed by atoms with Gasteiger partial charge in [0.25, 0.3) is 0 Å². The van der Waals surface area contributed by atoms with E-state index in [9.17, 15) is 0 Å². The van der Waals surface area contributed by atoms with E-state index in [0.717, 1.165) is 22.4 Å². The number of aromatic nitrogens is 2. The lowest BCUT2D eigenvalue weighted by Gasteiger charge is -2.08. The summed E-state index contributed by atoms with van der Waals surface area (Å²) in [5, 5.41) is 12.7. The van der Waals surface area contributed by atoms with Gasteiger partial charge in [-0.1, -0.05) is 6.07 Å². The molecule has 5 nitrogen and oxygen atoms in total. The maximum atomic E-state index is 8.61. The zero-order valence-electron chi connectivity index (χ0n) is 10.1. The van der Waals surface area contributed by atoms with Gasteiger partial charge in [-0.3, -0.25) is 4.68 Å². The normalized spacial score (nSPS) is 10.1. The SMILES string of the molecule is COc1ccc(-c2cnn(CC#N)c2)cc1CN. The molecule has 0 saturated heterocycles. The minimum Gasteiger partial charge on any atom is -0.496 e. The molecule has 0 saturated carbocycles. The molecule has 0 bridgehead atoms. The van der Waals surface area contributed by atoms with E-state index in [1.54, 1.807) is 18.0 Å². The molecule has 0 radical (unpaired) electrons. The van der Waals surface area contributed by atoms with E-state index in [1.165, 1.54) is 0 Å². The molecule has 0 atom stereocenters. The Hall–Kier alpha value is -2.32. The smallest absolute Gasteiger partial charge is 0.128 e. The van der Waals surface area contributed by atoms with Crippen LogP contribution in [0.15, 0.2) is 30.6 Å². The van der Waals surface area contributed by atoms with Crippen LogP contribution in [-0.2, 0) is 13.1 Å². The molecular formula is C13H14N4O. The second kappa shape index (κ2) is 5.34. The van der Waals surface area contributed by atoms with Crippen LogP contribution in [0, 0.1) is 11.3 Å². The van der Waals surface area contributed by atoms with Crippen molar-refractivity contribution in [2.45, 2.75) is 13.1 Å². The molecule has 1 aromatic heterocycles. The standard InChI is InChI=1S/C13H14N4O/c1-18-13-3-2-10(6-11(13)7-15)12-8-16-17(9-12)5-4-14/h2-3,6,8-9H,5,7,15H2,1H3. The molecule has 2 aromatic rings. The predicted octanol–water partition coefficient (Wildman–Crippen LogP) is 1.54. The molecule has 0 aliphatic rings. The third-order valence-corrected chi connectivity index (χ3v) is 2.70. The number of hydrogen-bond acceptors (Lipinski definition) is 4. The largest absolute Gasteiger partial charge is 0.496 e. The molecule has 2 rings (SSSR count). The molecule has 1 heterocycles. The summed E-state index contributed by atoms with van der Waals surface area (Å²) >= 11 is 0. The summed E-state index contributed by atoms with van der Waals surface area (Å²) in [6.07, 6.45) is 3.57. The highest BCUT2D eigenvalue weighted by Gasteiger charge is 2.06. The van der Waals surface area contributed by atoms with Gasteiger partial charge in [0.05, 0.1) is 19.4 Å². The Bertz CT molecular complexity index is 583. The van der Waals surface area contributed by atoms with Crippen LogP contribution < -0.4 is 10.5 Å². The van der Waals surface area contributed by atoms with Crippen molar-refractivity contribution in [1.29, 1.82) is 5.26 Å². The lowest BCUT2D eigenvalue weighted by Crippen LogP contribution is -1.99. The number of benzene rings is 1. The highest BCUT2D eigenvalue weighted by molar-refractivity contribution is 5.64. The second-order valence-electron chi connectivity index (χ2n) is 3.82. The van der Waals surface area contributed by atoms with Crippen LogP contribution in [0.1, 0.15) is 5.56 Å². The summed E-state index contributed by atoms with van der Waals surface area (Å²) < 4.78 is 6.83. The Labute approximate surface area is 105 Å². The molecule has 0 aliphatic heterocycles. The van der Waals surface area contributed by atoms with E-state index in [0.29, 0.717) is 6.54 Å². The Morgan fingerprint density at radius 3 is 2.94 bits per heavy atom. The van der Waals surface area contributed by atoms with Crippen molar-refractivity contribution < 1.29 is 4.74 Å². The van der Waals surface area contributed by atoms with Crippen LogP contribution in [0.2, 0.25) is 0 Å². The Morgan fingerprint density at radius 2 is 2.28 bits per heavy atom. The van der Waals surface area contributed by atoms with Crippen molar-refractivity contribution in [3.05, 3.63) is 36.2 Å². The first-order valence-electron chi connectivity index (χ1n) is 5.55. The highest BCUT2D eigenvalue weighted by Crippen LogP contribution is 2.26. The van der Waals surface area contributed by atoms with Gasteiger partial charge < -0.3 is 10.5 Å². The molecule has 18 heavy (non-hydrogen) atoms. The monoisotopic (exact) mass is 242 g/mol. The van der Waals surface area contributed by atoms with Crippen molar-refractivity contribution in [2.75, 3.05) is 7.11 Å². The molecular weight excluding hydrogens is 228 g/mol. The number of nitriles is 1. The molecule has 0 fully saturated rings. The van der Waals surface area contributed by atoms with Crippen molar-refractivity contribution in [2.24, 2.45) is 5.73 Å². The number of rotatable bonds is 4. The van der Waals surface area contributed by atoms with Gasteiger partial charge in [0, 0.05) is 23.9 Å². The van der Waals surface area contributed by atoms with Gasteiger partial charge in [-0.2, -0.15) is 10.4 Å². The van der Waals surface area contributed by atoms with Gasteiger partial charge in [-0.25, -0.2) is 0 Å². The van der Waals surface area contributed by atoms with Crippen molar-refractivity contribution in [1.82, 2.24) is 9.78 Å². The second-order valence-corrected chi connectivity index (χ2v) is 3.82. The molecule has 1 aromatic carbocycles. The Balaban J connectivity index is 2.35. The van der Waals surface area contributed by atoms with Gasteiger partial charge in [-0.05, 0) is 17.7 Å². The first kappa shape index (κ1) is 12.1. The van der Waals surface area contributed by atoms with Gasteiger partial charge in [0.1, 0.15) is 12.3 Å². The fourth-order valence-electron chi connectivity index (χ4n) is 1.79. The van der Waals surface area contributed by atoms with Crippen LogP contribution >= 0.6 is 0 Å². The Morgan fingerprint density at radius 1 is 1.44 bits per heavy atom. The number of hydrogen-bond donors (Lipinski definition) is 1. The van der Waals surface area contributed by atoms with E-state index in [-0.39, 0.29) is 6.54 Å². The third kappa shape index (κ3) is 2.34. The fraction of sp³-hybridized carbons (Fsp3) is 0.231. The van der Waals surface area contributed by atoms with Crippen molar-refractivity contribution in [3.63, 3.8) is 0 Å². The van der Waals surface area contributed by atoms with Crippen molar-refractivity contribution in [3.8, 4) is 22.9 Å². The van der Waals surface area contributed by atoms with Gasteiger partial charge in [0.15, 0.2) is 0 Å². The minimum absolute atomic E-state index is 0.250. The van der Waals surface area contributed by atoms with E-state index in [4.69, 9.17) is 15.7 Å². The topological polar surface area (TPSA) is 76.9 Å². The molecule has 2 N–H and O–H groups in total. The van der Waals surface area contributed by atoms with E-state index >= 15 is 0 Å². The summed E-state index contributed by atoms with van der Waals surface area (Å²) in [6.45, 7) is 0.670. The summed E-state index contributed by atoms with van der Waals surface area (Å²) in [4.78, 5) is 0. The highest BCUT2D eigenvalue weighted by atomic mass is 16.5. The third-order valence-electron chi connectivity index (χ3n) is 2.70. The fourth-order valence-corrected chi connectivity index (χ4v) is 1.79. The maximum absolute atomic E-state index is 8.61. The van der Waals surface area contributed by atoms with Crippen LogP contribution in [0.4, 0.5) is 0 Å². The van der Waals surface area contributed by atoms with E-state index < -0.39 is 0 Å². The first-order valence-corrected chi connectivity index (χ1v) is 5.55. The lowest BCUT2D eigenvalue weighted by molar-refractivity contribution is 0.410. The number of methoxy groups -OCH3 is 1. The average Bonchev–Trinajstić information content (AvgIpc) is 2.87. The summed E-state index contributed by atoms with van der Waals surface area (Å²) in [7, 11) is 1.62. The Kier molecular flexibility index (Phi) is 3.60. The number of nitrogens with zero attached hydrogens (tertiary/aromatic N) is 3. The van der Waals surface area contributed by atoms with Gasteiger partial charge in [-0.15, -0.1) is 0 Å². The van der Waals surface area contributed by atoms with Crippen LogP contribution in [0.5, 0.6) is 5.75 Å². The van der Waals surface area contributed by atoms with Gasteiger partial charge >= 0.3 is 0 Å². The van der Waals surface area contributed by atoms with Crippen LogP contribution in [0.3, 0.4) is 0 Å². The summed E-state index contributed by atoms with van der Waals surface area (Å²) in [5.74, 6) is 0.783. The predicted molar refractivity (Wildman–Crippen MR) is 67.7 cm³/mol. The molecule has 0 aliphatic carbocycles. The van der Waals surface area contributed by atoms with E-state index in [2.05, 4.69) is 11.2 Å². The molecule has 0 spiro atoms. The van der Waals surface area contributed by atoms with Crippen molar-refractivity contribution >= 4 is 0 Å². The first-order chi connectivity index (χ1) is 8.78. The van der Waals surface area contributed by atoms with Gasteiger partial charge in [0.2, 0.25) is 0 Å². The minimum atomic E-state index is 0.250. The lowest BCUT2D eigenvalue weighted by atomic mass is 10.1. The zero-order valence-corrected chi connectivity index (χ0v) is 10.1. The number of ether oxygens (including phenoxy) is 1. The maximum Gasteiger partial charge on any atom is 0.128 e. The number of nitrogens with two attached hydrogens (primary N) is 1.